The van der Waals surface area contributed by atoms with Gasteiger partial charge in [0, 0.05) is 30.1 Å². The molecule has 10 nitrogen and oxygen atoms in total. The SMILES string of the molecule is C=CN(/C=C(/C)N)c1ccc(/C=C2\CC3(CN4C2=NOCC4(CN=O)c2ccc(F)cc2)CS(=O)(=O)C3)cc1OC. The number of fused-ring (bicyclic) bond motifs is 1. The van der Waals surface area contributed by atoms with E-state index >= 15 is 0 Å². The number of oxime groups is 1. The van der Waals surface area contributed by atoms with Gasteiger partial charge in [0.15, 0.2) is 15.7 Å². The van der Waals surface area contributed by atoms with Crippen LogP contribution in [0.5, 0.6) is 5.75 Å². The van der Waals surface area contributed by atoms with Crippen LogP contribution in [0.15, 0.2) is 83.0 Å². The summed E-state index contributed by atoms with van der Waals surface area (Å²) in [6.45, 7) is 5.76. The Bertz CT molecular complexity index is 1550. The standard InChI is InChI=1S/C29H32FN5O5S/c1-4-34(14-20(2)31)25-10-5-21(12-26(25)39-3)11-22-13-28(18-41(37,38)19-28)16-35-27(22)33-40-17-29(35,15-32-36)23-6-8-24(30)9-7-23/h4-12,14H,1,13,15-19,31H2,2-3H3/b20-14-,22-11+. The number of benzene rings is 2. The minimum absolute atomic E-state index is 0.00202. The quantitative estimate of drug-likeness (QED) is 0.462. The lowest BCUT2D eigenvalue weighted by Gasteiger charge is -2.56. The number of nitrogens with two attached hydrogens (primary N) is 1. The fourth-order valence-electron chi connectivity index (χ4n) is 6.03. The van der Waals surface area contributed by atoms with Gasteiger partial charge in [0.05, 0.1) is 24.3 Å². The molecule has 0 aliphatic carbocycles. The van der Waals surface area contributed by atoms with E-state index in [1.165, 1.54) is 12.1 Å². The molecule has 12 heteroatoms. The number of halogens is 1. The van der Waals surface area contributed by atoms with Gasteiger partial charge < -0.3 is 25.1 Å². The molecule has 2 fully saturated rings. The van der Waals surface area contributed by atoms with Crippen molar-refractivity contribution in [2.75, 3.05) is 43.2 Å². The number of rotatable bonds is 8. The Hall–Kier alpha value is -4.19. The highest BCUT2D eigenvalue weighted by Crippen LogP contribution is 2.49. The molecule has 3 heterocycles. The summed E-state index contributed by atoms with van der Waals surface area (Å²) in [6, 6.07) is 11.5. The van der Waals surface area contributed by atoms with Gasteiger partial charge in [-0.05, 0) is 60.4 Å². The number of hydrogen-bond acceptors (Lipinski definition) is 10. The van der Waals surface area contributed by atoms with Crippen LogP contribution in [0.1, 0.15) is 24.5 Å². The van der Waals surface area contributed by atoms with Gasteiger partial charge in [0.1, 0.15) is 30.3 Å². The zero-order chi connectivity index (χ0) is 29.4. The molecule has 2 saturated heterocycles. The van der Waals surface area contributed by atoms with Crippen molar-refractivity contribution in [3.63, 3.8) is 0 Å². The lowest BCUT2D eigenvalue weighted by molar-refractivity contribution is -0.0194. The van der Waals surface area contributed by atoms with Crippen LogP contribution < -0.4 is 15.4 Å². The first-order valence-corrected chi connectivity index (χ1v) is 14.8. The van der Waals surface area contributed by atoms with Crippen LogP contribution in [0, 0.1) is 16.1 Å². The normalized spacial score (nSPS) is 23.6. The topological polar surface area (TPSA) is 127 Å². The van der Waals surface area contributed by atoms with E-state index in [0.717, 1.165) is 16.8 Å². The Morgan fingerprint density at radius 1 is 1.29 bits per heavy atom. The van der Waals surface area contributed by atoms with Crippen molar-refractivity contribution in [1.29, 1.82) is 0 Å². The predicted octanol–water partition coefficient (Wildman–Crippen LogP) is 4.11. The van der Waals surface area contributed by atoms with Crippen LogP contribution in [-0.4, -0.2) is 57.5 Å². The van der Waals surface area contributed by atoms with Gasteiger partial charge >= 0.3 is 0 Å². The molecule has 3 aliphatic rings. The lowest BCUT2D eigenvalue weighted by Crippen LogP contribution is -2.67. The molecule has 216 valence electrons. The molecule has 0 amide bonds. The number of ether oxygens (including phenoxy) is 1. The Balaban J connectivity index is 1.61. The van der Waals surface area contributed by atoms with Gasteiger partial charge in [-0.15, -0.1) is 0 Å². The maximum atomic E-state index is 13.8. The van der Waals surface area contributed by atoms with Crippen molar-refractivity contribution >= 4 is 27.4 Å². The first-order chi connectivity index (χ1) is 19.5. The number of hydrogen-bond donors (Lipinski definition) is 1. The Labute approximate surface area is 238 Å². The number of allylic oxidation sites excluding steroid dienone is 1. The van der Waals surface area contributed by atoms with Crippen molar-refractivity contribution in [3.8, 4) is 5.75 Å². The first kappa shape index (κ1) is 28.3. The molecule has 0 bridgehead atoms. The van der Waals surface area contributed by atoms with Crippen LogP contribution in [0.25, 0.3) is 6.08 Å². The van der Waals surface area contributed by atoms with Gasteiger partial charge in [0.25, 0.3) is 0 Å². The van der Waals surface area contributed by atoms with Crippen LogP contribution in [0.4, 0.5) is 10.1 Å². The molecular formula is C29H32FN5O5S. The summed E-state index contributed by atoms with van der Waals surface area (Å²) in [6.07, 6.45) is 5.71. The van der Waals surface area contributed by atoms with E-state index in [2.05, 4.69) is 16.9 Å². The van der Waals surface area contributed by atoms with Gasteiger partial charge in [0.2, 0.25) is 0 Å². The average molecular weight is 582 g/mol. The Kier molecular flexibility index (Phi) is 7.37. The van der Waals surface area contributed by atoms with Crippen molar-refractivity contribution < 1.29 is 22.4 Å². The first-order valence-electron chi connectivity index (χ1n) is 13.0. The number of nitroso groups, excluding NO2 is 1. The molecule has 1 atom stereocenters. The maximum absolute atomic E-state index is 13.8. The molecule has 5 rings (SSSR count). The monoisotopic (exact) mass is 581 g/mol. The van der Waals surface area contributed by atoms with Gasteiger partial charge in [-0.3, -0.25) is 0 Å². The second-order valence-electron chi connectivity index (χ2n) is 10.9. The molecule has 1 spiro atoms. The number of amidine groups is 1. The summed E-state index contributed by atoms with van der Waals surface area (Å²) in [5.41, 5.74) is 7.68. The van der Waals surface area contributed by atoms with Crippen molar-refractivity contribution in [2.24, 2.45) is 21.5 Å². The third-order valence-corrected chi connectivity index (χ3v) is 9.80. The van der Waals surface area contributed by atoms with Crippen LogP contribution in [0.2, 0.25) is 0 Å². The minimum atomic E-state index is -3.19. The number of anilines is 1. The Morgan fingerprint density at radius 2 is 2.02 bits per heavy atom. The molecule has 1 unspecified atom stereocenters. The third-order valence-electron chi connectivity index (χ3n) is 7.70. The minimum Gasteiger partial charge on any atom is -0.495 e. The van der Waals surface area contributed by atoms with Crippen molar-refractivity contribution in [2.45, 2.75) is 18.9 Å². The zero-order valence-electron chi connectivity index (χ0n) is 22.9. The van der Waals surface area contributed by atoms with Gasteiger partial charge in [-0.2, -0.15) is 4.91 Å². The van der Waals surface area contributed by atoms with E-state index < -0.39 is 26.6 Å². The zero-order valence-corrected chi connectivity index (χ0v) is 23.7. The molecule has 2 aromatic carbocycles. The van der Waals surface area contributed by atoms with E-state index in [-0.39, 0.29) is 24.7 Å². The molecule has 2 N–H and O–H groups in total. The van der Waals surface area contributed by atoms with E-state index in [4.69, 9.17) is 15.3 Å². The summed E-state index contributed by atoms with van der Waals surface area (Å²) in [5, 5.41) is 7.60. The maximum Gasteiger partial charge on any atom is 0.172 e. The van der Waals surface area contributed by atoms with Crippen LogP contribution >= 0.6 is 0 Å². The smallest absolute Gasteiger partial charge is 0.172 e. The summed E-state index contributed by atoms with van der Waals surface area (Å²) >= 11 is 0. The predicted molar refractivity (Wildman–Crippen MR) is 156 cm³/mol. The van der Waals surface area contributed by atoms with E-state index in [1.807, 2.05) is 29.2 Å². The second kappa shape index (κ2) is 10.7. The fraction of sp³-hybridized carbons (Fsp3) is 0.345. The number of methoxy groups -OCH3 is 1. The van der Waals surface area contributed by atoms with Crippen LogP contribution in [0.3, 0.4) is 0 Å². The highest BCUT2D eigenvalue weighted by atomic mass is 32.2. The summed E-state index contributed by atoms with van der Waals surface area (Å²) in [7, 11) is -1.63. The molecule has 41 heavy (non-hydrogen) atoms. The molecule has 0 saturated carbocycles. The summed E-state index contributed by atoms with van der Waals surface area (Å²) in [5.74, 6) is 0.655. The van der Waals surface area contributed by atoms with Crippen molar-refractivity contribution in [3.05, 3.63) is 94.6 Å². The molecule has 0 aromatic heterocycles. The fourth-order valence-corrected chi connectivity index (χ4v) is 8.20. The second-order valence-corrected chi connectivity index (χ2v) is 12.9. The number of piperidine rings is 1. The molecule has 3 aliphatic heterocycles. The number of sulfone groups is 1. The summed E-state index contributed by atoms with van der Waals surface area (Å²) in [4.78, 5) is 21.2. The third kappa shape index (κ3) is 5.31. The van der Waals surface area contributed by atoms with E-state index in [1.54, 1.807) is 43.5 Å². The largest absolute Gasteiger partial charge is 0.495 e. The molecular weight excluding hydrogens is 549 g/mol. The van der Waals surface area contributed by atoms with Gasteiger partial charge in [-0.1, -0.05) is 35.1 Å². The highest BCUT2D eigenvalue weighted by Gasteiger charge is 2.58. The number of nitrogens with zero attached hydrogens (tertiary/aromatic N) is 4. The van der Waals surface area contributed by atoms with Crippen molar-refractivity contribution in [1.82, 2.24) is 4.90 Å². The lowest BCUT2D eigenvalue weighted by atomic mass is 9.75. The highest BCUT2D eigenvalue weighted by molar-refractivity contribution is 7.92. The van der Waals surface area contributed by atoms with E-state index in [0.29, 0.717) is 35.8 Å². The van der Waals surface area contributed by atoms with Crippen LogP contribution in [-0.2, 0) is 20.2 Å². The van der Waals surface area contributed by atoms with E-state index in [9.17, 15) is 17.7 Å². The summed E-state index contributed by atoms with van der Waals surface area (Å²) < 4.78 is 44.4. The average Bonchev–Trinajstić information content (AvgIpc) is 2.91. The molecule has 2 aromatic rings. The molecule has 0 radical (unpaired) electrons. The Morgan fingerprint density at radius 3 is 2.63 bits per heavy atom. The van der Waals surface area contributed by atoms with Gasteiger partial charge in [-0.25, -0.2) is 12.8 Å².